The molecule has 0 aromatic heterocycles. The van der Waals surface area contributed by atoms with Crippen molar-refractivity contribution in [3.63, 3.8) is 0 Å². The van der Waals surface area contributed by atoms with Gasteiger partial charge in [-0.1, -0.05) is 11.8 Å². The Labute approximate surface area is 78.0 Å². The van der Waals surface area contributed by atoms with Crippen LogP contribution in [-0.4, -0.2) is 30.3 Å². The van der Waals surface area contributed by atoms with E-state index in [1.54, 1.807) is 18.9 Å². The molecule has 4 heteroatoms. The molecule has 0 aromatic rings. The Bertz CT molecular complexity index is 191. The van der Waals surface area contributed by atoms with Crippen molar-refractivity contribution < 1.29 is 4.74 Å². The summed E-state index contributed by atoms with van der Waals surface area (Å²) in [5.74, 6) is 0. The molecule has 1 heterocycles. The van der Waals surface area contributed by atoms with Gasteiger partial charge in [-0.3, -0.25) is 0 Å². The number of ether oxygens (including phenoxy) is 1. The Hall–Kier alpha value is -0.220. The van der Waals surface area contributed by atoms with Crippen molar-refractivity contribution in [2.75, 3.05) is 13.4 Å². The van der Waals surface area contributed by atoms with Crippen molar-refractivity contribution in [1.29, 1.82) is 0 Å². The van der Waals surface area contributed by atoms with Crippen molar-refractivity contribution in [2.45, 2.75) is 32.0 Å². The van der Waals surface area contributed by atoms with Crippen LogP contribution in [-0.2, 0) is 4.74 Å². The summed E-state index contributed by atoms with van der Waals surface area (Å²) in [5.41, 5.74) is 0.0980. The van der Waals surface area contributed by atoms with Gasteiger partial charge in [0.2, 0.25) is 0 Å². The molecule has 1 unspecified atom stereocenters. The molecule has 1 aliphatic rings. The highest BCUT2D eigenvalue weighted by atomic mass is 32.2. The lowest BCUT2D eigenvalue weighted by molar-refractivity contribution is 0.0764. The molecule has 0 aromatic carbocycles. The first kappa shape index (κ1) is 9.86. The maximum atomic E-state index is 5.22. The minimum absolute atomic E-state index is 0.0173. The third-order valence-electron chi connectivity index (χ3n) is 1.86. The summed E-state index contributed by atoms with van der Waals surface area (Å²) < 4.78 is 5.22. The molecule has 1 rings (SSSR count). The third-order valence-corrected chi connectivity index (χ3v) is 2.45. The molecule has 1 atom stereocenters. The van der Waals surface area contributed by atoms with Crippen LogP contribution in [0.15, 0.2) is 4.99 Å². The van der Waals surface area contributed by atoms with Gasteiger partial charge in [-0.25, -0.2) is 4.99 Å². The Balaban J connectivity index is 2.71. The van der Waals surface area contributed by atoms with Gasteiger partial charge in [-0.2, -0.15) is 0 Å². The van der Waals surface area contributed by atoms with Crippen molar-refractivity contribution in [3.05, 3.63) is 0 Å². The molecule has 0 saturated heterocycles. The molecule has 3 nitrogen and oxygen atoms in total. The van der Waals surface area contributed by atoms with E-state index in [4.69, 9.17) is 4.74 Å². The Morgan fingerprint density at radius 1 is 1.67 bits per heavy atom. The number of rotatable bonds is 1. The number of nitrogens with zero attached hydrogens (tertiary/aromatic N) is 1. The Morgan fingerprint density at radius 3 is 2.83 bits per heavy atom. The van der Waals surface area contributed by atoms with Crippen molar-refractivity contribution in [3.8, 4) is 0 Å². The average Bonchev–Trinajstić information content (AvgIpc) is 2.01. The number of aliphatic imine (C=N–C) groups is 1. The van der Waals surface area contributed by atoms with E-state index in [-0.39, 0.29) is 11.8 Å². The normalized spacial score (nSPS) is 27.7. The zero-order chi connectivity index (χ0) is 9.19. The van der Waals surface area contributed by atoms with Gasteiger partial charge in [0.25, 0.3) is 0 Å². The standard InChI is InChI=1S/C8H16N2OS/c1-8(2)5-6(11-3)9-7(10-8)12-4/h6H,5H2,1-4H3,(H,9,10). The van der Waals surface area contributed by atoms with Crippen LogP contribution in [0.2, 0.25) is 0 Å². The van der Waals surface area contributed by atoms with E-state index in [1.165, 1.54) is 0 Å². The number of hydrogen-bond acceptors (Lipinski definition) is 4. The van der Waals surface area contributed by atoms with Gasteiger partial charge in [0.05, 0.1) is 0 Å². The van der Waals surface area contributed by atoms with Crippen LogP contribution in [0.1, 0.15) is 20.3 Å². The highest BCUT2D eigenvalue weighted by Crippen LogP contribution is 2.21. The topological polar surface area (TPSA) is 33.6 Å². The minimum atomic E-state index is 0.0173. The second-order valence-corrected chi connectivity index (χ2v) is 4.34. The van der Waals surface area contributed by atoms with Crippen molar-refractivity contribution in [2.24, 2.45) is 4.99 Å². The summed E-state index contributed by atoms with van der Waals surface area (Å²) in [5, 5.41) is 4.31. The van der Waals surface area contributed by atoms with Crippen LogP contribution in [0.3, 0.4) is 0 Å². The molecule has 0 saturated carbocycles. The van der Waals surface area contributed by atoms with E-state index >= 15 is 0 Å². The summed E-state index contributed by atoms with van der Waals surface area (Å²) in [4.78, 5) is 4.36. The van der Waals surface area contributed by atoms with Gasteiger partial charge < -0.3 is 10.1 Å². The maximum Gasteiger partial charge on any atom is 0.159 e. The summed E-state index contributed by atoms with van der Waals surface area (Å²) in [6.07, 6.45) is 2.96. The van der Waals surface area contributed by atoms with Crippen LogP contribution in [0.4, 0.5) is 0 Å². The summed E-state index contributed by atoms with van der Waals surface area (Å²) in [6.45, 7) is 4.31. The fraction of sp³-hybridized carbons (Fsp3) is 0.875. The van der Waals surface area contributed by atoms with Gasteiger partial charge in [0.1, 0.15) is 0 Å². The van der Waals surface area contributed by atoms with Crippen LogP contribution >= 0.6 is 11.8 Å². The lowest BCUT2D eigenvalue weighted by atomic mass is 9.99. The Morgan fingerprint density at radius 2 is 2.33 bits per heavy atom. The summed E-state index contributed by atoms with van der Waals surface area (Å²) in [6, 6.07) is 0. The second kappa shape index (κ2) is 3.66. The molecule has 70 valence electrons. The van der Waals surface area contributed by atoms with Crippen molar-refractivity contribution in [1.82, 2.24) is 5.32 Å². The number of nitrogens with one attached hydrogen (secondary N) is 1. The number of methoxy groups -OCH3 is 1. The van der Waals surface area contributed by atoms with Crippen LogP contribution in [0.25, 0.3) is 0 Å². The van der Waals surface area contributed by atoms with E-state index in [0.29, 0.717) is 0 Å². The van der Waals surface area contributed by atoms with Gasteiger partial charge >= 0.3 is 0 Å². The smallest absolute Gasteiger partial charge is 0.159 e. The highest BCUT2D eigenvalue weighted by Gasteiger charge is 2.28. The van der Waals surface area contributed by atoms with E-state index < -0.39 is 0 Å². The lowest BCUT2D eigenvalue weighted by Crippen LogP contribution is -2.48. The predicted octanol–water partition coefficient (Wildman–Crippen LogP) is 1.45. The summed E-state index contributed by atoms with van der Waals surface area (Å²) in [7, 11) is 1.70. The fourth-order valence-corrected chi connectivity index (χ4v) is 1.83. The number of amidine groups is 1. The average molecular weight is 188 g/mol. The molecule has 0 spiro atoms. The van der Waals surface area contributed by atoms with Gasteiger partial charge in [-0.15, -0.1) is 0 Å². The van der Waals surface area contributed by atoms with Crippen LogP contribution in [0.5, 0.6) is 0 Å². The van der Waals surface area contributed by atoms with Gasteiger partial charge in [-0.05, 0) is 20.1 Å². The van der Waals surface area contributed by atoms with E-state index in [2.05, 4.69) is 24.2 Å². The van der Waals surface area contributed by atoms with E-state index in [9.17, 15) is 0 Å². The van der Waals surface area contributed by atoms with Crippen LogP contribution in [0, 0.1) is 0 Å². The molecule has 1 N–H and O–H groups in total. The molecule has 1 aliphatic heterocycles. The predicted molar refractivity (Wildman–Crippen MR) is 53.6 cm³/mol. The molecule has 0 aliphatic carbocycles. The first-order valence-electron chi connectivity index (χ1n) is 4.00. The maximum absolute atomic E-state index is 5.22. The molecule has 12 heavy (non-hydrogen) atoms. The summed E-state index contributed by atoms with van der Waals surface area (Å²) >= 11 is 1.63. The van der Waals surface area contributed by atoms with E-state index in [0.717, 1.165) is 11.6 Å². The van der Waals surface area contributed by atoms with Crippen LogP contribution < -0.4 is 5.32 Å². The lowest BCUT2D eigenvalue weighted by Gasteiger charge is -2.34. The third kappa shape index (κ3) is 2.38. The fourth-order valence-electron chi connectivity index (χ4n) is 1.23. The highest BCUT2D eigenvalue weighted by molar-refractivity contribution is 8.13. The van der Waals surface area contributed by atoms with Gasteiger partial charge in [0.15, 0.2) is 11.4 Å². The zero-order valence-electron chi connectivity index (χ0n) is 8.05. The zero-order valence-corrected chi connectivity index (χ0v) is 8.86. The monoisotopic (exact) mass is 188 g/mol. The molecule has 0 fully saturated rings. The number of thioether (sulfide) groups is 1. The molecular formula is C8H16N2OS. The first-order chi connectivity index (χ1) is 5.57. The molecule has 0 radical (unpaired) electrons. The molecule has 0 amide bonds. The van der Waals surface area contributed by atoms with Gasteiger partial charge in [0, 0.05) is 19.1 Å². The SMILES string of the molecule is COC1CC(C)(C)NC(SC)=N1. The van der Waals surface area contributed by atoms with Crippen molar-refractivity contribution >= 4 is 16.9 Å². The Kier molecular flexibility index (Phi) is 3.01. The minimum Gasteiger partial charge on any atom is -0.360 e. The second-order valence-electron chi connectivity index (χ2n) is 3.54. The van der Waals surface area contributed by atoms with E-state index in [1.807, 2.05) is 6.26 Å². The number of hydrogen-bond donors (Lipinski definition) is 1. The quantitative estimate of drug-likeness (QED) is 0.676. The first-order valence-corrected chi connectivity index (χ1v) is 5.22. The molecular weight excluding hydrogens is 172 g/mol. The molecule has 0 bridgehead atoms. The largest absolute Gasteiger partial charge is 0.360 e.